The SMILES string of the molecule is O=C(NC1=NC2CCc3cc(F)c(F)cc3C2C1)C1CCC(CNS(=O)(=O)c2ccccc2[N+](=O)[O-])CC1. The Morgan fingerprint density at radius 2 is 1.79 bits per heavy atom. The van der Waals surface area contributed by atoms with Crippen LogP contribution in [0.3, 0.4) is 0 Å². The molecule has 202 valence electrons. The Bertz CT molecular complexity index is 1410. The van der Waals surface area contributed by atoms with Gasteiger partial charge >= 0.3 is 0 Å². The summed E-state index contributed by atoms with van der Waals surface area (Å²) in [4.78, 5) is 27.7. The first kappa shape index (κ1) is 26.4. The Balaban J connectivity index is 1.12. The Labute approximate surface area is 218 Å². The lowest BCUT2D eigenvalue weighted by molar-refractivity contribution is -0.387. The summed E-state index contributed by atoms with van der Waals surface area (Å²) in [5.41, 5.74) is 1.08. The molecule has 12 heteroatoms. The summed E-state index contributed by atoms with van der Waals surface area (Å²) in [6.45, 7) is 0.134. The number of aliphatic imine (C=N–C) groups is 1. The van der Waals surface area contributed by atoms with E-state index in [1.54, 1.807) is 0 Å². The largest absolute Gasteiger partial charge is 0.314 e. The molecule has 0 aromatic heterocycles. The van der Waals surface area contributed by atoms with Crippen molar-refractivity contribution in [3.05, 3.63) is 69.3 Å². The van der Waals surface area contributed by atoms with Crippen LogP contribution in [0.2, 0.25) is 0 Å². The Morgan fingerprint density at radius 3 is 2.53 bits per heavy atom. The lowest BCUT2D eigenvalue weighted by Gasteiger charge is -2.28. The molecule has 5 rings (SSSR count). The van der Waals surface area contributed by atoms with Gasteiger partial charge in [0.2, 0.25) is 15.9 Å². The van der Waals surface area contributed by atoms with Gasteiger partial charge < -0.3 is 5.32 Å². The van der Waals surface area contributed by atoms with Crippen LogP contribution in [-0.2, 0) is 21.2 Å². The number of para-hydroxylation sites is 1. The molecule has 2 aliphatic carbocycles. The number of carbonyl (C=O) groups is 1. The number of fused-ring (bicyclic) bond motifs is 3. The summed E-state index contributed by atoms with van der Waals surface area (Å²) in [5.74, 6) is -1.58. The summed E-state index contributed by atoms with van der Waals surface area (Å²) < 4.78 is 55.3. The molecule has 38 heavy (non-hydrogen) atoms. The van der Waals surface area contributed by atoms with Gasteiger partial charge in [0.25, 0.3) is 5.69 Å². The van der Waals surface area contributed by atoms with Crippen molar-refractivity contribution in [3.8, 4) is 0 Å². The number of nitrogens with one attached hydrogen (secondary N) is 2. The minimum Gasteiger partial charge on any atom is -0.314 e. The second kappa shape index (κ2) is 10.5. The predicted molar refractivity (Wildman–Crippen MR) is 135 cm³/mol. The molecular weight excluding hydrogens is 518 g/mol. The highest BCUT2D eigenvalue weighted by Crippen LogP contribution is 2.40. The van der Waals surface area contributed by atoms with Gasteiger partial charge in [0.15, 0.2) is 16.5 Å². The van der Waals surface area contributed by atoms with Gasteiger partial charge in [-0.25, -0.2) is 21.9 Å². The summed E-state index contributed by atoms with van der Waals surface area (Å²) in [7, 11) is -4.05. The summed E-state index contributed by atoms with van der Waals surface area (Å²) in [6, 6.07) is 7.66. The fraction of sp³-hybridized carbons (Fsp3) is 0.462. The second-order valence-corrected chi connectivity index (χ2v) is 12.0. The molecule has 2 aromatic rings. The van der Waals surface area contributed by atoms with Crippen LogP contribution in [0.15, 0.2) is 46.3 Å². The molecule has 2 atom stereocenters. The number of hydrogen-bond acceptors (Lipinski definition) is 6. The van der Waals surface area contributed by atoms with Crippen LogP contribution in [-0.4, -0.2) is 37.7 Å². The molecule has 0 radical (unpaired) electrons. The van der Waals surface area contributed by atoms with Crippen molar-refractivity contribution < 1.29 is 26.9 Å². The first-order valence-electron chi connectivity index (χ1n) is 12.7. The van der Waals surface area contributed by atoms with Crippen molar-refractivity contribution in [2.24, 2.45) is 16.8 Å². The smallest absolute Gasteiger partial charge is 0.289 e. The lowest BCUT2D eigenvalue weighted by atomic mass is 9.79. The van der Waals surface area contributed by atoms with Crippen molar-refractivity contribution in [2.75, 3.05) is 6.54 Å². The maximum atomic E-state index is 13.9. The third-order valence-electron chi connectivity index (χ3n) is 7.89. The van der Waals surface area contributed by atoms with E-state index in [2.05, 4.69) is 15.0 Å². The standard InChI is InChI=1S/C26H28F2N4O5S/c27-20-11-17-9-10-22-19(18(17)12-21(20)28)13-25(30-22)31-26(33)16-7-5-15(6-8-16)14-29-38(36,37)24-4-2-1-3-23(24)32(34)35/h1-4,11-12,15-16,19,22,29H,5-10,13-14H2,(H,30,31,33). The molecule has 3 aliphatic rings. The molecule has 1 amide bonds. The maximum Gasteiger partial charge on any atom is 0.289 e. The number of carbonyl (C=O) groups excluding carboxylic acids is 1. The number of sulfonamides is 1. The van der Waals surface area contributed by atoms with E-state index in [1.165, 1.54) is 30.3 Å². The Kier molecular flexibility index (Phi) is 7.28. The van der Waals surface area contributed by atoms with E-state index in [0.29, 0.717) is 44.4 Å². The molecule has 9 nitrogen and oxygen atoms in total. The van der Waals surface area contributed by atoms with Crippen LogP contribution in [0.1, 0.15) is 55.6 Å². The van der Waals surface area contributed by atoms with Crippen molar-refractivity contribution in [1.82, 2.24) is 10.0 Å². The van der Waals surface area contributed by atoms with Crippen LogP contribution < -0.4 is 10.0 Å². The second-order valence-electron chi connectivity index (χ2n) is 10.2. The highest BCUT2D eigenvalue weighted by molar-refractivity contribution is 7.89. The van der Waals surface area contributed by atoms with Gasteiger partial charge in [0, 0.05) is 30.9 Å². The molecule has 1 aliphatic heterocycles. The van der Waals surface area contributed by atoms with Crippen LogP contribution in [0.25, 0.3) is 0 Å². The van der Waals surface area contributed by atoms with Crippen LogP contribution >= 0.6 is 0 Å². The number of nitro benzene ring substituents is 1. The maximum absolute atomic E-state index is 13.9. The van der Waals surface area contributed by atoms with Gasteiger partial charge in [-0.1, -0.05) is 12.1 Å². The third kappa shape index (κ3) is 5.32. The van der Waals surface area contributed by atoms with Crippen molar-refractivity contribution in [2.45, 2.75) is 61.8 Å². The first-order valence-corrected chi connectivity index (χ1v) is 14.2. The molecule has 0 saturated heterocycles. The minimum absolute atomic E-state index is 0.00933. The van der Waals surface area contributed by atoms with Crippen molar-refractivity contribution in [1.29, 1.82) is 0 Å². The normalized spacial score (nSPS) is 24.7. The van der Waals surface area contributed by atoms with Gasteiger partial charge in [0.1, 0.15) is 5.84 Å². The molecule has 2 unspecified atom stereocenters. The van der Waals surface area contributed by atoms with Crippen molar-refractivity contribution in [3.63, 3.8) is 0 Å². The molecule has 1 saturated carbocycles. The zero-order valence-corrected chi connectivity index (χ0v) is 21.3. The highest BCUT2D eigenvalue weighted by atomic mass is 32.2. The lowest BCUT2D eigenvalue weighted by Crippen LogP contribution is -2.38. The van der Waals surface area contributed by atoms with E-state index in [4.69, 9.17) is 0 Å². The van der Waals surface area contributed by atoms with E-state index in [9.17, 15) is 32.1 Å². The fourth-order valence-electron chi connectivity index (χ4n) is 5.84. The number of benzene rings is 2. The van der Waals surface area contributed by atoms with Gasteiger partial charge in [-0.3, -0.25) is 19.9 Å². The van der Waals surface area contributed by atoms with Gasteiger partial charge in [-0.05, 0) is 73.8 Å². The first-order chi connectivity index (χ1) is 18.1. The molecule has 2 N–H and O–H groups in total. The number of hydrogen-bond donors (Lipinski definition) is 2. The number of nitrogens with zero attached hydrogens (tertiary/aromatic N) is 2. The Morgan fingerprint density at radius 1 is 1.08 bits per heavy atom. The number of amidine groups is 1. The number of aryl methyl sites for hydroxylation is 1. The summed E-state index contributed by atoms with van der Waals surface area (Å²) in [6.07, 6.45) is 4.23. The molecule has 2 aromatic carbocycles. The van der Waals surface area contributed by atoms with Crippen LogP contribution in [0, 0.1) is 33.6 Å². The number of amides is 1. The van der Waals surface area contributed by atoms with Crippen LogP contribution in [0.5, 0.6) is 0 Å². The number of halogens is 2. The van der Waals surface area contributed by atoms with E-state index >= 15 is 0 Å². The average molecular weight is 547 g/mol. The molecule has 1 heterocycles. The third-order valence-corrected chi connectivity index (χ3v) is 9.36. The van der Waals surface area contributed by atoms with E-state index in [0.717, 1.165) is 23.6 Å². The van der Waals surface area contributed by atoms with Crippen LogP contribution in [0.4, 0.5) is 14.5 Å². The minimum atomic E-state index is -4.05. The Hall–Kier alpha value is -3.25. The fourth-order valence-corrected chi connectivity index (χ4v) is 7.12. The molecule has 0 bridgehead atoms. The van der Waals surface area contributed by atoms with E-state index < -0.39 is 32.3 Å². The molecule has 1 fully saturated rings. The summed E-state index contributed by atoms with van der Waals surface area (Å²) in [5, 5.41) is 14.1. The monoisotopic (exact) mass is 546 g/mol. The van der Waals surface area contributed by atoms with E-state index in [-0.39, 0.29) is 41.1 Å². The average Bonchev–Trinajstić information content (AvgIpc) is 3.31. The quantitative estimate of drug-likeness (QED) is 0.418. The van der Waals surface area contributed by atoms with Gasteiger partial charge in [-0.2, -0.15) is 0 Å². The molecular formula is C26H28F2N4O5S. The topological polar surface area (TPSA) is 131 Å². The number of rotatable bonds is 6. The van der Waals surface area contributed by atoms with E-state index in [1.807, 2.05) is 0 Å². The zero-order valence-electron chi connectivity index (χ0n) is 20.5. The predicted octanol–water partition coefficient (Wildman–Crippen LogP) is 3.97. The van der Waals surface area contributed by atoms with Gasteiger partial charge in [-0.15, -0.1) is 0 Å². The number of nitro groups is 1. The van der Waals surface area contributed by atoms with Crippen molar-refractivity contribution >= 4 is 27.5 Å². The highest BCUT2D eigenvalue weighted by Gasteiger charge is 2.37. The zero-order chi connectivity index (χ0) is 27.0. The molecule has 0 spiro atoms. The van der Waals surface area contributed by atoms with Gasteiger partial charge in [0.05, 0.1) is 11.0 Å². The summed E-state index contributed by atoms with van der Waals surface area (Å²) >= 11 is 0.